The zero-order valence-corrected chi connectivity index (χ0v) is 27.0. The molecule has 2 aromatic heterocycles. The van der Waals surface area contributed by atoms with Gasteiger partial charge in [-0.1, -0.05) is 146 Å². The van der Waals surface area contributed by atoms with E-state index in [4.69, 9.17) is 8.83 Å². The molecular weight excluding hydrogens is 609 g/mol. The van der Waals surface area contributed by atoms with Crippen LogP contribution in [0.25, 0.3) is 110 Å². The van der Waals surface area contributed by atoms with Crippen molar-refractivity contribution < 1.29 is 8.83 Å². The minimum absolute atomic E-state index is 0.798. The average Bonchev–Trinajstić information content (AvgIpc) is 3.77. The summed E-state index contributed by atoms with van der Waals surface area (Å²) in [6.45, 7) is 0. The van der Waals surface area contributed by atoms with Crippen LogP contribution in [0.2, 0.25) is 0 Å². The van der Waals surface area contributed by atoms with Crippen molar-refractivity contribution in [2.24, 2.45) is 0 Å². The Hall–Kier alpha value is -6.64. The third-order valence-corrected chi connectivity index (χ3v) is 10.4. The molecule has 2 heteroatoms. The van der Waals surface area contributed by atoms with Crippen LogP contribution in [0.1, 0.15) is 0 Å². The Morgan fingerprint density at radius 3 is 1.34 bits per heavy atom. The normalized spacial score (nSPS) is 12.0. The second-order valence-electron chi connectivity index (χ2n) is 13.2. The van der Waals surface area contributed by atoms with Crippen molar-refractivity contribution in [1.82, 2.24) is 0 Å². The Morgan fingerprint density at radius 1 is 0.260 bits per heavy atom. The molecular formula is C48H28O2. The molecule has 11 rings (SSSR count). The summed E-state index contributed by atoms with van der Waals surface area (Å²) in [6.07, 6.45) is 0. The van der Waals surface area contributed by atoms with Crippen molar-refractivity contribution >= 4 is 76.2 Å². The molecule has 11 aromatic rings. The Kier molecular flexibility index (Phi) is 5.70. The van der Waals surface area contributed by atoms with Crippen LogP contribution in [0, 0.1) is 0 Å². The molecule has 0 unspecified atom stereocenters. The first-order valence-corrected chi connectivity index (χ1v) is 17.1. The highest BCUT2D eigenvalue weighted by Crippen LogP contribution is 2.47. The van der Waals surface area contributed by atoms with E-state index in [1.165, 1.54) is 54.6 Å². The molecule has 2 heterocycles. The van der Waals surface area contributed by atoms with Crippen molar-refractivity contribution in [3.05, 3.63) is 170 Å². The van der Waals surface area contributed by atoms with Gasteiger partial charge in [-0.3, -0.25) is 0 Å². The average molecular weight is 637 g/mol. The molecule has 50 heavy (non-hydrogen) atoms. The van der Waals surface area contributed by atoms with Crippen LogP contribution in [0.5, 0.6) is 0 Å². The van der Waals surface area contributed by atoms with E-state index in [1.54, 1.807) is 0 Å². The van der Waals surface area contributed by atoms with Crippen LogP contribution in [-0.2, 0) is 0 Å². The Morgan fingerprint density at radius 2 is 0.700 bits per heavy atom. The Bertz CT molecular complexity index is 3080. The highest BCUT2D eigenvalue weighted by atomic mass is 16.4. The fraction of sp³-hybridized carbons (Fsp3) is 0. The van der Waals surface area contributed by atoms with Crippen LogP contribution < -0.4 is 0 Å². The zero-order chi connectivity index (χ0) is 32.8. The van der Waals surface area contributed by atoms with Gasteiger partial charge in [-0.25, -0.2) is 0 Å². The minimum atomic E-state index is 0.798. The number of furan rings is 2. The molecule has 0 atom stereocenters. The number of benzene rings is 9. The summed E-state index contributed by atoms with van der Waals surface area (Å²) in [4.78, 5) is 0. The van der Waals surface area contributed by atoms with E-state index < -0.39 is 0 Å². The second-order valence-corrected chi connectivity index (χ2v) is 13.2. The molecule has 0 spiro atoms. The standard InChI is InChI=1S/C48H28O2/c1-2-13-29(14-3-1)43-33-17-4-6-19-35(33)44(36-20-7-5-18-34(36)43)32-16-12-15-30(27-32)31-25-26-42-40(28-31)46-38-22-9-8-21-37(38)45-39-23-10-11-24-41(39)49-47(45)48(46)50-42/h1-28H. The molecule has 0 saturated heterocycles. The van der Waals surface area contributed by atoms with E-state index in [0.717, 1.165) is 55.0 Å². The second kappa shape index (κ2) is 10.4. The van der Waals surface area contributed by atoms with Gasteiger partial charge in [0.15, 0.2) is 11.2 Å². The quantitative estimate of drug-likeness (QED) is 0.180. The number of fused-ring (bicyclic) bond motifs is 12. The summed E-state index contributed by atoms with van der Waals surface area (Å²) in [7, 11) is 0. The van der Waals surface area contributed by atoms with E-state index in [1.807, 2.05) is 12.1 Å². The van der Waals surface area contributed by atoms with Gasteiger partial charge < -0.3 is 8.83 Å². The lowest BCUT2D eigenvalue weighted by Gasteiger charge is -2.18. The summed E-state index contributed by atoms with van der Waals surface area (Å²) in [6, 6.07) is 60.9. The van der Waals surface area contributed by atoms with Crippen LogP contribution in [0.3, 0.4) is 0 Å². The lowest BCUT2D eigenvalue weighted by Crippen LogP contribution is -1.91. The van der Waals surface area contributed by atoms with Crippen molar-refractivity contribution in [3.63, 3.8) is 0 Å². The fourth-order valence-corrected chi connectivity index (χ4v) is 8.31. The van der Waals surface area contributed by atoms with Gasteiger partial charge in [0.05, 0.1) is 0 Å². The fourth-order valence-electron chi connectivity index (χ4n) is 8.31. The molecule has 0 saturated carbocycles. The van der Waals surface area contributed by atoms with Crippen LogP contribution in [-0.4, -0.2) is 0 Å². The van der Waals surface area contributed by atoms with Gasteiger partial charge in [0.25, 0.3) is 0 Å². The van der Waals surface area contributed by atoms with E-state index in [0.29, 0.717) is 0 Å². The van der Waals surface area contributed by atoms with Gasteiger partial charge in [-0.2, -0.15) is 0 Å². The van der Waals surface area contributed by atoms with Gasteiger partial charge in [0.1, 0.15) is 11.2 Å². The maximum Gasteiger partial charge on any atom is 0.179 e. The molecule has 9 aromatic carbocycles. The first kappa shape index (κ1) is 27.3. The molecule has 0 radical (unpaired) electrons. The van der Waals surface area contributed by atoms with Gasteiger partial charge in [0, 0.05) is 21.5 Å². The Labute approximate surface area is 287 Å². The van der Waals surface area contributed by atoms with Crippen LogP contribution in [0.4, 0.5) is 0 Å². The maximum absolute atomic E-state index is 6.64. The predicted molar refractivity (Wildman–Crippen MR) is 210 cm³/mol. The highest BCUT2D eigenvalue weighted by molar-refractivity contribution is 6.33. The van der Waals surface area contributed by atoms with E-state index in [2.05, 4.69) is 158 Å². The molecule has 0 aliphatic rings. The molecule has 232 valence electrons. The topological polar surface area (TPSA) is 26.3 Å². The summed E-state index contributed by atoms with van der Waals surface area (Å²) < 4.78 is 13.1. The lowest BCUT2D eigenvalue weighted by atomic mass is 9.85. The van der Waals surface area contributed by atoms with E-state index in [-0.39, 0.29) is 0 Å². The van der Waals surface area contributed by atoms with E-state index >= 15 is 0 Å². The molecule has 0 bridgehead atoms. The summed E-state index contributed by atoms with van der Waals surface area (Å²) in [5, 5.41) is 11.7. The van der Waals surface area contributed by atoms with Gasteiger partial charge >= 0.3 is 0 Å². The zero-order valence-electron chi connectivity index (χ0n) is 27.0. The van der Waals surface area contributed by atoms with E-state index in [9.17, 15) is 0 Å². The molecule has 0 amide bonds. The molecule has 0 N–H and O–H groups in total. The third-order valence-electron chi connectivity index (χ3n) is 10.4. The van der Waals surface area contributed by atoms with Gasteiger partial charge in [-0.15, -0.1) is 0 Å². The molecule has 0 fully saturated rings. The monoisotopic (exact) mass is 636 g/mol. The summed E-state index contributed by atoms with van der Waals surface area (Å²) in [5.74, 6) is 0. The van der Waals surface area contributed by atoms with Gasteiger partial charge in [-0.05, 0) is 90.0 Å². The maximum atomic E-state index is 6.64. The first-order chi connectivity index (χ1) is 24.8. The van der Waals surface area contributed by atoms with Gasteiger partial charge in [0.2, 0.25) is 0 Å². The minimum Gasteiger partial charge on any atom is -0.452 e. The number of para-hydroxylation sites is 1. The molecule has 2 nitrogen and oxygen atoms in total. The van der Waals surface area contributed by atoms with Crippen LogP contribution >= 0.6 is 0 Å². The number of rotatable bonds is 3. The SMILES string of the molecule is c1ccc(-c2c3ccccc3c(-c3cccc(-c4ccc5oc6c7oc8ccccc8c7c7ccccc7c6c5c4)c3)c3ccccc23)cc1. The third kappa shape index (κ3) is 3.85. The van der Waals surface area contributed by atoms with Crippen molar-refractivity contribution in [3.8, 4) is 33.4 Å². The summed E-state index contributed by atoms with van der Waals surface area (Å²) >= 11 is 0. The summed E-state index contributed by atoms with van der Waals surface area (Å²) in [5.41, 5.74) is 10.6. The molecule has 0 aliphatic heterocycles. The van der Waals surface area contributed by atoms with Crippen molar-refractivity contribution in [2.75, 3.05) is 0 Å². The smallest absolute Gasteiger partial charge is 0.179 e. The van der Waals surface area contributed by atoms with Crippen molar-refractivity contribution in [2.45, 2.75) is 0 Å². The number of hydrogen-bond acceptors (Lipinski definition) is 2. The molecule has 0 aliphatic carbocycles. The largest absolute Gasteiger partial charge is 0.452 e. The van der Waals surface area contributed by atoms with Crippen LogP contribution in [0.15, 0.2) is 179 Å². The Balaban J connectivity index is 1.15. The van der Waals surface area contributed by atoms with Crippen molar-refractivity contribution in [1.29, 1.82) is 0 Å². The predicted octanol–water partition coefficient (Wildman–Crippen LogP) is 13.9. The number of hydrogen-bond donors (Lipinski definition) is 0. The highest BCUT2D eigenvalue weighted by Gasteiger charge is 2.21. The lowest BCUT2D eigenvalue weighted by molar-refractivity contribution is 0.633. The first-order valence-electron chi connectivity index (χ1n) is 17.1.